The van der Waals surface area contributed by atoms with Crippen LogP contribution in [0.1, 0.15) is 32.4 Å². The minimum Gasteiger partial charge on any atom is -0.388 e. The number of carbonyl (C=O) groups excluding carboxylic acids is 1. The monoisotopic (exact) mass is 393 g/mol. The Morgan fingerprint density at radius 1 is 0.964 bits per heavy atom. The summed E-state index contributed by atoms with van der Waals surface area (Å²) in [5, 5.41) is 16.3. The Balaban J connectivity index is 1.91. The lowest BCUT2D eigenvalue weighted by Crippen LogP contribution is -2.46. The van der Waals surface area contributed by atoms with E-state index in [1.165, 1.54) is 0 Å². The quantitative estimate of drug-likeness (QED) is 0.566. The van der Waals surface area contributed by atoms with Gasteiger partial charge in [-0.1, -0.05) is 60.7 Å². The van der Waals surface area contributed by atoms with Gasteiger partial charge in [0.1, 0.15) is 0 Å². The highest BCUT2D eigenvalue weighted by Crippen LogP contribution is 2.33. The van der Waals surface area contributed by atoms with E-state index in [4.69, 9.17) is 0 Å². The molecule has 0 radical (unpaired) electrons. The molecular formula is C24H27NO2S. The number of amides is 1. The maximum atomic E-state index is 13.0. The Labute approximate surface area is 171 Å². The van der Waals surface area contributed by atoms with Gasteiger partial charge in [-0.25, -0.2) is 0 Å². The minimum atomic E-state index is -0.885. The van der Waals surface area contributed by atoms with Gasteiger partial charge in [0, 0.05) is 16.2 Å². The van der Waals surface area contributed by atoms with Gasteiger partial charge in [-0.3, -0.25) is 4.79 Å². The van der Waals surface area contributed by atoms with E-state index in [1.807, 2.05) is 93.6 Å². The Kier molecular flexibility index (Phi) is 6.42. The molecule has 146 valence electrons. The molecule has 0 heterocycles. The Hall–Kier alpha value is -2.30. The van der Waals surface area contributed by atoms with Crippen molar-refractivity contribution in [2.45, 2.75) is 37.3 Å². The molecule has 3 aromatic carbocycles. The van der Waals surface area contributed by atoms with Crippen molar-refractivity contribution < 1.29 is 9.90 Å². The van der Waals surface area contributed by atoms with Crippen molar-refractivity contribution in [2.24, 2.45) is 5.92 Å². The minimum absolute atomic E-state index is 0.128. The fourth-order valence-electron chi connectivity index (χ4n) is 3.20. The molecule has 2 atom stereocenters. The predicted molar refractivity (Wildman–Crippen MR) is 117 cm³/mol. The zero-order valence-corrected chi connectivity index (χ0v) is 17.4. The molecule has 28 heavy (non-hydrogen) atoms. The van der Waals surface area contributed by atoms with E-state index >= 15 is 0 Å². The molecule has 0 bridgehead atoms. The first-order valence-corrected chi connectivity index (χ1v) is 10.5. The fraction of sp³-hybridized carbons (Fsp3) is 0.292. The van der Waals surface area contributed by atoms with Crippen molar-refractivity contribution in [3.8, 4) is 0 Å². The summed E-state index contributed by atoms with van der Waals surface area (Å²) in [6.07, 6.45) is -0.885. The number of hydrogen-bond donors (Lipinski definition) is 2. The molecule has 1 amide bonds. The predicted octanol–water partition coefficient (Wildman–Crippen LogP) is 5.20. The molecule has 3 nitrogen and oxygen atoms in total. The molecule has 0 saturated carbocycles. The SMILES string of the molecule is CC(C)(C)NC(=O)[C@H](CSc1ccccc1)[C@@H](O)c1cccc2ccccc12. The molecule has 0 aromatic heterocycles. The summed E-state index contributed by atoms with van der Waals surface area (Å²) < 4.78 is 0. The first kappa shape index (κ1) is 20.4. The molecule has 3 rings (SSSR count). The molecule has 0 aliphatic heterocycles. The highest BCUT2D eigenvalue weighted by Gasteiger charge is 2.31. The summed E-state index contributed by atoms with van der Waals surface area (Å²) in [6, 6.07) is 23.8. The van der Waals surface area contributed by atoms with Crippen LogP contribution < -0.4 is 5.32 Å². The van der Waals surface area contributed by atoms with Crippen LogP contribution in [0.3, 0.4) is 0 Å². The van der Waals surface area contributed by atoms with E-state index in [0.29, 0.717) is 5.75 Å². The number of fused-ring (bicyclic) bond motifs is 1. The van der Waals surface area contributed by atoms with Crippen molar-refractivity contribution in [1.82, 2.24) is 5.32 Å². The van der Waals surface area contributed by atoms with Crippen LogP contribution in [0.4, 0.5) is 0 Å². The topological polar surface area (TPSA) is 49.3 Å². The van der Waals surface area contributed by atoms with Gasteiger partial charge >= 0.3 is 0 Å². The number of nitrogens with one attached hydrogen (secondary N) is 1. The smallest absolute Gasteiger partial charge is 0.227 e. The number of carbonyl (C=O) groups is 1. The summed E-state index contributed by atoms with van der Waals surface area (Å²) in [5.41, 5.74) is 0.436. The molecule has 0 aliphatic carbocycles. The van der Waals surface area contributed by atoms with Crippen LogP contribution in [0.15, 0.2) is 77.7 Å². The maximum Gasteiger partial charge on any atom is 0.227 e. The summed E-state index contributed by atoms with van der Waals surface area (Å²) in [5.74, 6) is -0.192. The van der Waals surface area contributed by atoms with Crippen molar-refractivity contribution in [3.05, 3.63) is 78.4 Å². The third kappa shape index (κ3) is 5.15. The standard InChI is InChI=1S/C24H27NO2S/c1-24(2,3)25-23(27)21(16-28-18-12-5-4-6-13-18)22(26)20-15-9-11-17-10-7-8-14-19(17)20/h4-15,21-22,26H,16H2,1-3H3,(H,25,27)/t21-,22+/m1/s1. The maximum absolute atomic E-state index is 13.0. The van der Waals surface area contributed by atoms with Crippen molar-refractivity contribution in [2.75, 3.05) is 5.75 Å². The number of hydrogen-bond acceptors (Lipinski definition) is 3. The third-order valence-electron chi connectivity index (χ3n) is 4.53. The number of rotatable bonds is 6. The van der Waals surface area contributed by atoms with E-state index < -0.39 is 12.0 Å². The van der Waals surface area contributed by atoms with Gasteiger partial charge in [0.2, 0.25) is 5.91 Å². The van der Waals surface area contributed by atoms with Gasteiger partial charge in [-0.05, 0) is 49.2 Å². The molecule has 3 aromatic rings. The van der Waals surface area contributed by atoms with E-state index in [1.54, 1.807) is 11.8 Å². The van der Waals surface area contributed by atoms with E-state index in [-0.39, 0.29) is 11.4 Å². The van der Waals surface area contributed by atoms with Gasteiger partial charge in [0.25, 0.3) is 0 Å². The normalized spacial score (nSPS) is 13.9. The van der Waals surface area contributed by atoms with Crippen molar-refractivity contribution >= 4 is 28.4 Å². The fourth-order valence-corrected chi connectivity index (χ4v) is 4.26. The van der Waals surface area contributed by atoms with E-state index in [0.717, 1.165) is 21.2 Å². The molecule has 4 heteroatoms. The number of aliphatic hydroxyl groups excluding tert-OH is 1. The zero-order chi connectivity index (χ0) is 20.1. The highest BCUT2D eigenvalue weighted by molar-refractivity contribution is 7.99. The molecule has 0 aliphatic rings. The lowest BCUT2D eigenvalue weighted by molar-refractivity contribution is -0.129. The van der Waals surface area contributed by atoms with E-state index in [2.05, 4.69) is 5.32 Å². The molecule has 0 saturated heterocycles. The molecule has 0 fully saturated rings. The van der Waals surface area contributed by atoms with Crippen LogP contribution in [0.25, 0.3) is 10.8 Å². The summed E-state index contributed by atoms with van der Waals surface area (Å²) in [7, 11) is 0. The summed E-state index contributed by atoms with van der Waals surface area (Å²) in [6.45, 7) is 5.86. The Morgan fingerprint density at radius 2 is 1.61 bits per heavy atom. The lowest BCUT2D eigenvalue weighted by Gasteiger charge is -2.28. The lowest BCUT2D eigenvalue weighted by atomic mass is 9.91. The number of aliphatic hydroxyl groups is 1. The first-order valence-electron chi connectivity index (χ1n) is 9.51. The largest absolute Gasteiger partial charge is 0.388 e. The van der Waals surface area contributed by atoms with Crippen LogP contribution in [-0.4, -0.2) is 22.3 Å². The van der Waals surface area contributed by atoms with Crippen LogP contribution in [-0.2, 0) is 4.79 Å². The van der Waals surface area contributed by atoms with Gasteiger partial charge in [0.15, 0.2) is 0 Å². The van der Waals surface area contributed by atoms with Gasteiger partial charge in [-0.15, -0.1) is 11.8 Å². The average Bonchev–Trinajstić information content (AvgIpc) is 2.67. The van der Waals surface area contributed by atoms with Crippen molar-refractivity contribution in [1.29, 1.82) is 0 Å². The number of benzene rings is 3. The van der Waals surface area contributed by atoms with Crippen LogP contribution in [0, 0.1) is 5.92 Å². The van der Waals surface area contributed by atoms with Gasteiger partial charge in [-0.2, -0.15) is 0 Å². The van der Waals surface area contributed by atoms with Crippen molar-refractivity contribution in [3.63, 3.8) is 0 Å². The summed E-state index contributed by atoms with van der Waals surface area (Å²) >= 11 is 1.59. The second-order valence-corrected chi connectivity index (χ2v) is 9.08. The second kappa shape index (κ2) is 8.80. The Morgan fingerprint density at radius 3 is 2.32 bits per heavy atom. The molecule has 0 unspecified atom stereocenters. The average molecular weight is 394 g/mol. The van der Waals surface area contributed by atoms with Gasteiger partial charge in [0.05, 0.1) is 12.0 Å². The Bertz CT molecular complexity index is 929. The summed E-state index contributed by atoms with van der Waals surface area (Å²) in [4.78, 5) is 14.1. The van der Waals surface area contributed by atoms with Crippen LogP contribution in [0.2, 0.25) is 0 Å². The van der Waals surface area contributed by atoms with Crippen LogP contribution >= 0.6 is 11.8 Å². The van der Waals surface area contributed by atoms with Gasteiger partial charge < -0.3 is 10.4 Å². The first-order chi connectivity index (χ1) is 13.3. The van der Waals surface area contributed by atoms with E-state index in [9.17, 15) is 9.90 Å². The zero-order valence-electron chi connectivity index (χ0n) is 16.6. The number of thioether (sulfide) groups is 1. The molecular weight excluding hydrogens is 366 g/mol. The molecule has 0 spiro atoms. The third-order valence-corrected chi connectivity index (χ3v) is 5.66. The van der Waals surface area contributed by atoms with Crippen LogP contribution in [0.5, 0.6) is 0 Å². The highest BCUT2D eigenvalue weighted by atomic mass is 32.2. The molecule has 2 N–H and O–H groups in total. The second-order valence-electron chi connectivity index (χ2n) is 7.98.